The van der Waals surface area contributed by atoms with Crippen LogP contribution in [0.5, 0.6) is 0 Å². The fraction of sp³-hybridized carbons (Fsp3) is 0.333. The molecule has 0 fully saturated rings. The lowest BCUT2D eigenvalue weighted by Gasteiger charge is -1.28. The Labute approximate surface area is 30.1 Å². The number of halogens is 2. The Morgan fingerprint density at radius 1 is 1.60 bits per heavy atom. The predicted octanol–water partition coefficient (Wildman–Crippen LogP) is 1.69. The van der Waals surface area contributed by atoms with Gasteiger partial charge in [-0.2, -0.15) is 0 Å². The molecular formula is C3H6F2. The van der Waals surface area contributed by atoms with Gasteiger partial charge in [-0.1, -0.05) is 6.58 Å². The highest BCUT2D eigenvalue weighted by Crippen LogP contribution is 1.48. The van der Waals surface area contributed by atoms with Gasteiger partial charge in [0.25, 0.3) is 0 Å². The van der Waals surface area contributed by atoms with Crippen molar-refractivity contribution in [2.45, 2.75) is 0 Å². The van der Waals surface area contributed by atoms with Crippen LogP contribution in [-0.2, 0) is 0 Å². The summed E-state index contributed by atoms with van der Waals surface area (Å²) in [5, 5.41) is 0. The van der Waals surface area contributed by atoms with Gasteiger partial charge in [0, 0.05) is 0 Å². The van der Waals surface area contributed by atoms with Gasteiger partial charge in [0.15, 0.2) is 0 Å². The average molecular weight is 80.1 g/mol. The first-order chi connectivity index (χ1) is 2.41. The Bertz CT molecular complexity index is 12.4. The summed E-state index contributed by atoms with van der Waals surface area (Å²) in [5.41, 5.74) is 0. The Hall–Kier alpha value is -0.400. The van der Waals surface area contributed by atoms with Gasteiger partial charge in [-0.05, 0) is 0 Å². The van der Waals surface area contributed by atoms with Crippen LogP contribution in [0.25, 0.3) is 0 Å². The molecule has 0 aliphatic heterocycles. The first-order valence-electron chi connectivity index (χ1n) is 1.00. The van der Waals surface area contributed by atoms with Crippen LogP contribution in [0, 0.1) is 0 Å². The van der Waals surface area contributed by atoms with Gasteiger partial charge in [-0.25, -0.2) is 4.39 Å². The molecule has 0 atom stereocenters. The highest BCUT2D eigenvalue weighted by Gasteiger charge is 1.19. The fourth-order valence-corrected chi connectivity index (χ4v) is 0. The monoisotopic (exact) mass is 80.0 g/mol. The third-order valence-corrected chi connectivity index (χ3v) is 0. The van der Waals surface area contributed by atoms with Gasteiger partial charge in [-0.15, -0.1) is 0 Å². The molecule has 2 heteroatoms. The van der Waals surface area contributed by atoms with E-state index in [1.54, 1.807) is 0 Å². The van der Waals surface area contributed by atoms with Crippen molar-refractivity contribution in [3.05, 3.63) is 12.9 Å². The van der Waals surface area contributed by atoms with E-state index < -0.39 is 0 Å². The highest BCUT2D eigenvalue weighted by molar-refractivity contribution is 4.39. The van der Waals surface area contributed by atoms with Gasteiger partial charge >= 0.3 is 0 Å². The molecule has 0 N–H and O–H groups in total. The molecule has 0 aliphatic rings. The van der Waals surface area contributed by atoms with Crippen LogP contribution < -0.4 is 0 Å². The Kier molecular flexibility index (Phi) is 119. The summed E-state index contributed by atoms with van der Waals surface area (Å²) in [6, 6.07) is 0. The van der Waals surface area contributed by atoms with Crippen LogP contribution in [0.3, 0.4) is 0 Å². The second-order valence-electron chi connectivity index (χ2n) is 0.154. The zero-order valence-corrected chi connectivity index (χ0v) is 3.04. The summed E-state index contributed by atoms with van der Waals surface area (Å²) in [4.78, 5) is 0. The lowest BCUT2D eigenvalue weighted by atomic mass is 11.2. The van der Waals surface area contributed by atoms with Crippen molar-refractivity contribution in [1.82, 2.24) is 0 Å². The van der Waals surface area contributed by atoms with E-state index in [9.17, 15) is 8.78 Å². The highest BCUT2D eigenvalue weighted by atomic mass is 19.1. The third-order valence-electron chi connectivity index (χ3n) is 0. The van der Waals surface area contributed by atoms with E-state index in [1.807, 2.05) is 0 Å². The molecule has 0 unspecified atom stereocenters. The van der Waals surface area contributed by atoms with Crippen LogP contribution in [0.2, 0.25) is 0 Å². The summed E-state index contributed by atoms with van der Waals surface area (Å²) in [6.45, 7) is 2.69. The fourth-order valence-electron chi connectivity index (χ4n) is 0. The molecule has 32 valence electrons. The van der Waals surface area contributed by atoms with E-state index in [0.717, 1.165) is 0 Å². The van der Waals surface area contributed by atoms with Gasteiger partial charge in [-0.3, -0.25) is 4.39 Å². The summed E-state index contributed by atoms with van der Waals surface area (Å²) in [7, 11) is 0.500. The molecule has 0 bridgehead atoms. The first kappa shape index (κ1) is 8.82. The molecule has 0 aromatic heterocycles. The summed E-state index contributed by atoms with van der Waals surface area (Å²) < 4.78 is 19.6. The van der Waals surface area contributed by atoms with Crippen LogP contribution in [0.1, 0.15) is 0 Å². The van der Waals surface area contributed by atoms with Crippen molar-refractivity contribution in [2.75, 3.05) is 7.18 Å². The average Bonchev–Trinajstić information content (AvgIpc) is 1.46. The summed E-state index contributed by atoms with van der Waals surface area (Å²) in [5.74, 6) is 0. The number of hydrogen-bond acceptors (Lipinski definition) is 0. The molecule has 0 amide bonds. The summed E-state index contributed by atoms with van der Waals surface area (Å²) in [6.07, 6.45) is 0.250. The van der Waals surface area contributed by atoms with E-state index in [2.05, 4.69) is 6.58 Å². The molecule has 0 aromatic carbocycles. The van der Waals surface area contributed by atoms with Crippen molar-refractivity contribution in [2.24, 2.45) is 0 Å². The van der Waals surface area contributed by atoms with Crippen molar-refractivity contribution < 1.29 is 8.78 Å². The smallest absolute Gasteiger partial charge is 0.0795 e. The normalized spacial score (nSPS) is 3.80. The van der Waals surface area contributed by atoms with Gasteiger partial charge in [0.2, 0.25) is 0 Å². The van der Waals surface area contributed by atoms with E-state index in [4.69, 9.17) is 0 Å². The third kappa shape index (κ3) is 57.6. The SMILES string of the molecule is C=CF.CF. The Morgan fingerprint density at radius 2 is 1.60 bits per heavy atom. The molecule has 0 spiro atoms. The molecule has 0 saturated heterocycles. The van der Waals surface area contributed by atoms with Crippen molar-refractivity contribution >= 4 is 0 Å². The largest absolute Gasteiger partial charge is 0.255 e. The summed E-state index contributed by atoms with van der Waals surface area (Å²) >= 11 is 0. The second-order valence-corrected chi connectivity index (χ2v) is 0.154. The minimum absolute atomic E-state index is 0.250. The van der Waals surface area contributed by atoms with E-state index >= 15 is 0 Å². The van der Waals surface area contributed by atoms with E-state index in [0.29, 0.717) is 7.18 Å². The van der Waals surface area contributed by atoms with E-state index in [-0.39, 0.29) is 6.33 Å². The first-order valence-corrected chi connectivity index (χ1v) is 1.00. The van der Waals surface area contributed by atoms with Crippen LogP contribution in [0.4, 0.5) is 8.78 Å². The molecule has 0 radical (unpaired) electrons. The molecule has 0 rings (SSSR count). The maximum absolute atomic E-state index is 10.1. The Morgan fingerprint density at radius 3 is 1.60 bits per heavy atom. The molecule has 0 aliphatic carbocycles. The number of rotatable bonds is 0. The standard InChI is InChI=1S/C2H3F.CH3F/c1-2-3;1-2/h2H,1H2;1H3. The number of alkyl halides is 1. The molecule has 0 nitrogen and oxygen atoms in total. The van der Waals surface area contributed by atoms with Crippen molar-refractivity contribution in [1.29, 1.82) is 0 Å². The van der Waals surface area contributed by atoms with Crippen LogP contribution in [0.15, 0.2) is 12.9 Å². The quantitative estimate of drug-likeness (QED) is 0.415. The molecular weight excluding hydrogens is 74.0 g/mol. The zero-order valence-electron chi connectivity index (χ0n) is 3.04. The van der Waals surface area contributed by atoms with Crippen molar-refractivity contribution in [3.63, 3.8) is 0 Å². The molecule has 0 saturated carbocycles. The van der Waals surface area contributed by atoms with Crippen LogP contribution in [-0.4, -0.2) is 7.18 Å². The second kappa shape index (κ2) is 67.6. The molecule has 0 aromatic rings. The Balaban J connectivity index is 0. The van der Waals surface area contributed by atoms with Gasteiger partial charge < -0.3 is 0 Å². The zero-order chi connectivity index (χ0) is 4.71. The van der Waals surface area contributed by atoms with Crippen molar-refractivity contribution in [3.8, 4) is 0 Å². The maximum atomic E-state index is 10.1. The molecule has 0 heterocycles. The van der Waals surface area contributed by atoms with Crippen LogP contribution >= 0.6 is 0 Å². The number of hydrogen-bond donors (Lipinski definition) is 0. The lowest BCUT2D eigenvalue weighted by Crippen LogP contribution is -0.990. The lowest BCUT2D eigenvalue weighted by molar-refractivity contribution is 0.636. The predicted molar refractivity (Wildman–Crippen MR) is 18.3 cm³/mol. The minimum Gasteiger partial charge on any atom is -0.255 e. The topological polar surface area (TPSA) is 0 Å². The minimum atomic E-state index is 0.250. The van der Waals surface area contributed by atoms with E-state index in [1.165, 1.54) is 0 Å². The maximum Gasteiger partial charge on any atom is 0.0795 e. The molecule has 5 heavy (non-hydrogen) atoms. The van der Waals surface area contributed by atoms with Gasteiger partial charge in [0.1, 0.15) is 0 Å². The van der Waals surface area contributed by atoms with Gasteiger partial charge in [0.05, 0.1) is 13.5 Å².